The van der Waals surface area contributed by atoms with Crippen molar-refractivity contribution in [1.29, 1.82) is 0 Å². The summed E-state index contributed by atoms with van der Waals surface area (Å²) in [5.74, 6) is 0. The van der Waals surface area contributed by atoms with Gasteiger partial charge in [0, 0.05) is 0 Å². The van der Waals surface area contributed by atoms with E-state index in [1.165, 1.54) is 27.8 Å². The molecule has 0 radical (unpaired) electrons. The van der Waals surface area contributed by atoms with Gasteiger partial charge in [0.2, 0.25) is 0 Å². The highest BCUT2D eigenvalue weighted by Crippen LogP contribution is 2.35. The van der Waals surface area contributed by atoms with Gasteiger partial charge in [-0.3, -0.25) is 0 Å². The Labute approximate surface area is 127 Å². The van der Waals surface area contributed by atoms with Gasteiger partial charge in [-0.2, -0.15) is 0 Å². The van der Waals surface area contributed by atoms with E-state index in [-0.39, 0.29) is 0 Å². The Morgan fingerprint density at radius 1 is 0.905 bits per heavy atom. The minimum absolute atomic E-state index is 1.12. The van der Waals surface area contributed by atoms with Crippen LogP contribution in [0.25, 0.3) is 22.3 Å². The first kappa shape index (κ1) is 13.6. The van der Waals surface area contributed by atoms with Crippen molar-refractivity contribution >= 4 is 11.1 Å². The van der Waals surface area contributed by atoms with Crippen molar-refractivity contribution in [2.75, 3.05) is 0 Å². The van der Waals surface area contributed by atoms with E-state index in [0.29, 0.717) is 0 Å². The third kappa shape index (κ3) is 2.75. The van der Waals surface area contributed by atoms with Crippen molar-refractivity contribution in [3.8, 4) is 11.1 Å². The van der Waals surface area contributed by atoms with Crippen molar-refractivity contribution in [3.05, 3.63) is 84.5 Å². The van der Waals surface area contributed by atoms with Crippen molar-refractivity contribution < 1.29 is 0 Å². The van der Waals surface area contributed by atoms with E-state index < -0.39 is 0 Å². The van der Waals surface area contributed by atoms with Crippen LogP contribution in [-0.2, 0) is 0 Å². The predicted octanol–water partition coefficient (Wildman–Crippen LogP) is 6.12. The van der Waals surface area contributed by atoms with E-state index in [1.54, 1.807) is 0 Å². The van der Waals surface area contributed by atoms with Crippen LogP contribution in [0.15, 0.2) is 73.3 Å². The molecule has 3 rings (SSSR count). The van der Waals surface area contributed by atoms with Crippen LogP contribution in [0.5, 0.6) is 0 Å². The zero-order chi connectivity index (χ0) is 14.7. The first-order chi connectivity index (χ1) is 10.3. The Hall–Kier alpha value is -2.34. The highest BCUT2D eigenvalue weighted by Gasteiger charge is 2.13. The molecular formula is C21H20. The summed E-state index contributed by atoms with van der Waals surface area (Å²) in [5, 5.41) is 0. The molecule has 0 nitrogen and oxygen atoms in total. The Morgan fingerprint density at radius 3 is 2.33 bits per heavy atom. The fraction of sp³-hybridized carbons (Fsp3) is 0.143. The molecule has 1 aliphatic carbocycles. The number of rotatable bonds is 3. The first-order valence-electron chi connectivity index (χ1n) is 7.49. The van der Waals surface area contributed by atoms with Gasteiger partial charge in [-0.25, -0.2) is 0 Å². The molecule has 1 aliphatic rings. The molecule has 0 saturated heterocycles. The smallest absolute Gasteiger partial charge is 0.00761 e. The summed E-state index contributed by atoms with van der Waals surface area (Å²) in [5.41, 5.74) is 7.50. The summed E-state index contributed by atoms with van der Waals surface area (Å²) >= 11 is 0. The lowest BCUT2D eigenvalue weighted by Crippen LogP contribution is -1.95. The molecule has 21 heavy (non-hydrogen) atoms. The zero-order valence-corrected chi connectivity index (χ0v) is 12.5. The maximum absolute atomic E-state index is 4.22. The van der Waals surface area contributed by atoms with E-state index in [1.807, 2.05) is 0 Å². The van der Waals surface area contributed by atoms with E-state index in [0.717, 1.165) is 18.4 Å². The van der Waals surface area contributed by atoms with E-state index >= 15 is 0 Å². The standard InChI is InChI=1S/C21H20/c1-16(2)21-19(17-10-5-3-6-11-17)14-9-15-20(21)18-12-7-4-8-13-18/h3,5-7,9-15H,1,4,8H2,2H3. The fourth-order valence-electron chi connectivity index (χ4n) is 2.92. The average Bonchev–Trinajstić information content (AvgIpc) is 2.55. The minimum Gasteiger partial charge on any atom is -0.0955 e. The molecule has 0 bridgehead atoms. The van der Waals surface area contributed by atoms with E-state index in [4.69, 9.17) is 0 Å². The van der Waals surface area contributed by atoms with Crippen molar-refractivity contribution in [1.82, 2.24) is 0 Å². The molecule has 0 heteroatoms. The average molecular weight is 272 g/mol. The lowest BCUT2D eigenvalue weighted by molar-refractivity contribution is 1.04. The molecule has 0 saturated carbocycles. The second-order valence-corrected chi connectivity index (χ2v) is 5.51. The molecule has 0 amide bonds. The Balaban J connectivity index is 2.21. The lowest BCUT2D eigenvalue weighted by Gasteiger charge is -2.17. The first-order valence-corrected chi connectivity index (χ1v) is 7.49. The number of hydrogen-bond acceptors (Lipinski definition) is 0. The van der Waals surface area contributed by atoms with Gasteiger partial charge in [0.15, 0.2) is 0 Å². The summed E-state index contributed by atoms with van der Waals surface area (Å²) in [6, 6.07) is 17.1. The number of benzene rings is 2. The maximum Gasteiger partial charge on any atom is -0.00761 e. The quantitative estimate of drug-likeness (QED) is 0.631. The van der Waals surface area contributed by atoms with E-state index in [2.05, 4.69) is 80.3 Å². The van der Waals surface area contributed by atoms with Crippen LogP contribution in [-0.4, -0.2) is 0 Å². The molecule has 104 valence electrons. The molecule has 0 unspecified atom stereocenters. The van der Waals surface area contributed by atoms with Gasteiger partial charge in [-0.05, 0) is 53.2 Å². The highest BCUT2D eigenvalue weighted by atomic mass is 14.2. The van der Waals surface area contributed by atoms with Gasteiger partial charge >= 0.3 is 0 Å². The fourth-order valence-corrected chi connectivity index (χ4v) is 2.92. The summed E-state index contributed by atoms with van der Waals surface area (Å²) in [6.07, 6.45) is 9.09. The molecule has 0 aromatic heterocycles. The zero-order valence-electron chi connectivity index (χ0n) is 12.5. The highest BCUT2D eigenvalue weighted by molar-refractivity contribution is 5.90. The summed E-state index contributed by atoms with van der Waals surface area (Å²) in [4.78, 5) is 0. The summed E-state index contributed by atoms with van der Waals surface area (Å²) in [7, 11) is 0. The summed E-state index contributed by atoms with van der Waals surface area (Å²) < 4.78 is 0. The van der Waals surface area contributed by atoms with Crippen LogP contribution in [0.1, 0.15) is 30.9 Å². The molecule has 0 fully saturated rings. The monoisotopic (exact) mass is 272 g/mol. The van der Waals surface area contributed by atoms with Crippen LogP contribution in [0, 0.1) is 0 Å². The number of allylic oxidation sites excluding steroid dienone is 5. The van der Waals surface area contributed by atoms with Crippen molar-refractivity contribution in [2.45, 2.75) is 19.8 Å². The molecule has 2 aromatic carbocycles. The maximum atomic E-state index is 4.22. The van der Waals surface area contributed by atoms with Crippen LogP contribution in [0.2, 0.25) is 0 Å². The lowest BCUT2D eigenvalue weighted by atomic mass is 9.87. The van der Waals surface area contributed by atoms with Crippen molar-refractivity contribution in [2.24, 2.45) is 0 Å². The second kappa shape index (κ2) is 5.97. The molecule has 2 aromatic rings. The Bertz CT molecular complexity index is 715. The van der Waals surface area contributed by atoms with Crippen LogP contribution < -0.4 is 0 Å². The van der Waals surface area contributed by atoms with Gasteiger partial charge in [0.1, 0.15) is 0 Å². The molecule has 0 spiro atoms. The van der Waals surface area contributed by atoms with Gasteiger partial charge in [0.25, 0.3) is 0 Å². The second-order valence-electron chi connectivity index (χ2n) is 5.51. The SMILES string of the molecule is C=C(C)c1c(C2=CCCC=C2)cccc1-c1ccccc1. The Morgan fingerprint density at radius 2 is 1.67 bits per heavy atom. The van der Waals surface area contributed by atoms with Crippen LogP contribution >= 0.6 is 0 Å². The molecule has 0 atom stereocenters. The largest absolute Gasteiger partial charge is 0.0955 e. The molecule has 0 N–H and O–H groups in total. The molecule has 0 aliphatic heterocycles. The van der Waals surface area contributed by atoms with Crippen LogP contribution in [0.4, 0.5) is 0 Å². The third-order valence-electron chi connectivity index (χ3n) is 3.88. The predicted molar refractivity (Wildman–Crippen MR) is 92.9 cm³/mol. The van der Waals surface area contributed by atoms with Gasteiger partial charge in [0.05, 0.1) is 0 Å². The minimum atomic E-state index is 1.12. The molecule has 0 heterocycles. The summed E-state index contributed by atoms with van der Waals surface area (Å²) in [6.45, 7) is 6.31. The normalized spacial score (nSPS) is 13.9. The van der Waals surface area contributed by atoms with Gasteiger partial charge in [-0.15, -0.1) is 0 Å². The Kier molecular flexibility index (Phi) is 3.87. The third-order valence-corrected chi connectivity index (χ3v) is 3.88. The topological polar surface area (TPSA) is 0 Å². The van der Waals surface area contributed by atoms with Gasteiger partial charge in [-0.1, -0.05) is 73.3 Å². The van der Waals surface area contributed by atoms with Crippen molar-refractivity contribution in [3.63, 3.8) is 0 Å². The van der Waals surface area contributed by atoms with E-state index in [9.17, 15) is 0 Å². The number of hydrogen-bond donors (Lipinski definition) is 0. The van der Waals surface area contributed by atoms with Gasteiger partial charge < -0.3 is 0 Å². The van der Waals surface area contributed by atoms with Crippen LogP contribution in [0.3, 0.4) is 0 Å². The molecular weight excluding hydrogens is 252 g/mol.